The monoisotopic (exact) mass is 712 g/mol. The van der Waals surface area contributed by atoms with Crippen LogP contribution >= 0.6 is 0 Å². The highest BCUT2D eigenvalue weighted by atomic mass is 16.6. The number of non-ortho nitro benzene ring substituents is 4. The Morgan fingerprint density at radius 2 is 0.463 bits per heavy atom. The second-order valence-corrected chi connectivity index (χ2v) is 12.6. The number of rotatable bonds is 8. The van der Waals surface area contributed by atoms with Crippen LogP contribution in [-0.2, 0) is 0 Å². The summed E-state index contributed by atoms with van der Waals surface area (Å²) in [6, 6.07) is 40.3. The number of benzene rings is 8. The fraction of sp³-hybridized carbons (Fsp3) is 0. The topological polar surface area (TPSA) is 173 Å². The van der Waals surface area contributed by atoms with Gasteiger partial charge in [-0.25, -0.2) is 0 Å². The molecule has 0 atom stereocenters. The first-order valence-electron chi connectivity index (χ1n) is 16.5. The van der Waals surface area contributed by atoms with Crippen molar-refractivity contribution in [3.63, 3.8) is 0 Å². The highest BCUT2D eigenvalue weighted by molar-refractivity contribution is 6.33. The molecule has 260 valence electrons. The van der Waals surface area contributed by atoms with Crippen LogP contribution in [0.2, 0.25) is 0 Å². The zero-order valence-electron chi connectivity index (χ0n) is 27.9. The van der Waals surface area contributed by atoms with E-state index in [9.17, 15) is 40.5 Å². The Balaban J connectivity index is 1.67. The molecule has 0 aliphatic rings. The summed E-state index contributed by atoms with van der Waals surface area (Å²) in [5.41, 5.74) is 5.15. The Labute approximate surface area is 304 Å². The smallest absolute Gasteiger partial charge is 0.258 e. The summed E-state index contributed by atoms with van der Waals surface area (Å²) in [6.07, 6.45) is 0. The lowest BCUT2D eigenvalue weighted by molar-refractivity contribution is -0.385. The fourth-order valence-electron chi connectivity index (χ4n) is 7.33. The molecule has 0 radical (unpaired) electrons. The summed E-state index contributed by atoms with van der Waals surface area (Å²) in [6.45, 7) is 0. The third-order valence-electron chi connectivity index (χ3n) is 9.65. The zero-order chi connectivity index (χ0) is 37.7. The first-order valence-corrected chi connectivity index (χ1v) is 16.5. The molecule has 0 saturated heterocycles. The summed E-state index contributed by atoms with van der Waals surface area (Å²) in [7, 11) is 0. The summed E-state index contributed by atoms with van der Waals surface area (Å²) in [4.78, 5) is 45.1. The molecular formula is C42H24N4O8. The van der Waals surface area contributed by atoms with Crippen LogP contribution in [0.5, 0.6) is 0 Å². The number of nitro benzene ring substituents is 4. The minimum absolute atomic E-state index is 0.0949. The number of nitro groups is 4. The van der Waals surface area contributed by atoms with Gasteiger partial charge in [-0.2, -0.15) is 0 Å². The van der Waals surface area contributed by atoms with Gasteiger partial charge in [-0.3, -0.25) is 40.5 Å². The van der Waals surface area contributed by atoms with Gasteiger partial charge in [0.1, 0.15) is 0 Å². The van der Waals surface area contributed by atoms with Crippen LogP contribution in [0.1, 0.15) is 0 Å². The van der Waals surface area contributed by atoms with Crippen molar-refractivity contribution in [2.75, 3.05) is 0 Å². The van der Waals surface area contributed by atoms with Crippen molar-refractivity contribution in [2.24, 2.45) is 0 Å². The molecule has 0 aromatic heterocycles. The maximum absolute atomic E-state index is 11.7. The van der Waals surface area contributed by atoms with Gasteiger partial charge in [-0.05, 0) is 125 Å². The van der Waals surface area contributed by atoms with Gasteiger partial charge in [-0.1, -0.05) is 48.5 Å². The summed E-state index contributed by atoms with van der Waals surface area (Å²) < 4.78 is 0. The van der Waals surface area contributed by atoms with Gasteiger partial charge >= 0.3 is 0 Å². The predicted molar refractivity (Wildman–Crippen MR) is 207 cm³/mol. The van der Waals surface area contributed by atoms with E-state index in [0.29, 0.717) is 33.0 Å². The lowest BCUT2D eigenvalue weighted by Crippen LogP contribution is -1.98. The molecule has 0 N–H and O–H groups in total. The van der Waals surface area contributed by atoms with E-state index in [-0.39, 0.29) is 22.7 Å². The van der Waals surface area contributed by atoms with Crippen LogP contribution < -0.4 is 0 Å². The van der Waals surface area contributed by atoms with E-state index in [1.165, 1.54) is 48.5 Å². The highest BCUT2D eigenvalue weighted by Gasteiger charge is 2.27. The number of hydrogen-bond acceptors (Lipinski definition) is 8. The van der Waals surface area contributed by atoms with Gasteiger partial charge in [0.25, 0.3) is 22.7 Å². The van der Waals surface area contributed by atoms with E-state index in [1.807, 2.05) is 48.5 Å². The van der Waals surface area contributed by atoms with Crippen molar-refractivity contribution in [2.45, 2.75) is 0 Å². The Kier molecular flexibility index (Phi) is 8.04. The molecule has 0 aliphatic heterocycles. The largest absolute Gasteiger partial charge is 0.269 e. The second-order valence-electron chi connectivity index (χ2n) is 12.6. The Morgan fingerprint density at radius 1 is 0.278 bits per heavy atom. The number of nitrogens with zero attached hydrogens (tertiary/aromatic N) is 4. The van der Waals surface area contributed by atoms with Gasteiger partial charge in [0, 0.05) is 48.5 Å². The average Bonchev–Trinajstić information content (AvgIpc) is 3.19. The predicted octanol–water partition coefficient (Wildman–Crippen LogP) is 11.4. The third-order valence-corrected chi connectivity index (χ3v) is 9.65. The van der Waals surface area contributed by atoms with Gasteiger partial charge in [-0.15, -0.1) is 0 Å². The molecule has 12 heteroatoms. The number of fused-ring (bicyclic) bond motifs is 3. The van der Waals surface area contributed by atoms with Crippen molar-refractivity contribution in [3.05, 3.63) is 186 Å². The van der Waals surface area contributed by atoms with E-state index in [0.717, 1.165) is 43.8 Å². The van der Waals surface area contributed by atoms with Gasteiger partial charge in [0.2, 0.25) is 0 Å². The third kappa shape index (κ3) is 5.51. The van der Waals surface area contributed by atoms with E-state index < -0.39 is 19.7 Å². The molecule has 0 fully saturated rings. The second kappa shape index (κ2) is 13.0. The SMILES string of the molecule is O=[N+]([O-])c1ccc(-c2c3ccccc3c(-c3ccc([N+](=O)[O-])cc3)c3c(-c4ccc([N+](=O)[O-])cc4)c4ccccc4c(-c4ccc([N+](=O)[O-])cc4)c23)cc1. The van der Waals surface area contributed by atoms with Crippen LogP contribution in [0.25, 0.3) is 76.8 Å². The minimum atomic E-state index is -0.472. The van der Waals surface area contributed by atoms with Crippen molar-refractivity contribution >= 4 is 55.1 Å². The van der Waals surface area contributed by atoms with Crippen LogP contribution in [0.3, 0.4) is 0 Å². The van der Waals surface area contributed by atoms with Crippen LogP contribution in [0, 0.1) is 40.5 Å². The molecule has 8 aromatic carbocycles. The molecule has 0 unspecified atom stereocenters. The minimum Gasteiger partial charge on any atom is -0.258 e. The molecule has 8 rings (SSSR count). The Bertz CT molecular complexity index is 2470. The van der Waals surface area contributed by atoms with Crippen molar-refractivity contribution in [3.8, 4) is 44.5 Å². The first kappa shape index (κ1) is 33.3. The zero-order valence-corrected chi connectivity index (χ0v) is 27.9. The Hall–Kier alpha value is -7.86. The summed E-state index contributed by atoms with van der Waals surface area (Å²) in [5, 5.41) is 51.5. The van der Waals surface area contributed by atoms with Crippen molar-refractivity contribution in [1.82, 2.24) is 0 Å². The first-order chi connectivity index (χ1) is 26.1. The Morgan fingerprint density at radius 3 is 0.630 bits per heavy atom. The van der Waals surface area contributed by atoms with E-state index >= 15 is 0 Å². The standard InChI is InChI=1S/C42H24N4O8/c47-43(48)29-17-9-25(10-18-29)37-33-5-1-2-6-34(33)38(26-11-19-30(20-12-26)44(49)50)42-40(28-15-23-32(24-16-28)46(53)54)36-8-4-3-7-35(36)39(41(37)42)27-13-21-31(22-14-27)45(51)52/h1-24H. The van der Waals surface area contributed by atoms with Crippen LogP contribution in [0.15, 0.2) is 146 Å². The molecular weight excluding hydrogens is 688 g/mol. The normalized spacial score (nSPS) is 11.2. The van der Waals surface area contributed by atoms with E-state index in [1.54, 1.807) is 48.5 Å². The molecule has 0 amide bonds. The molecule has 0 saturated carbocycles. The molecule has 0 heterocycles. The molecule has 0 spiro atoms. The molecule has 12 nitrogen and oxygen atoms in total. The van der Waals surface area contributed by atoms with Crippen LogP contribution in [0.4, 0.5) is 22.7 Å². The maximum atomic E-state index is 11.7. The lowest BCUT2D eigenvalue weighted by atomic mass is 9.77. The maximum Gasteiger partial charge on any atom is 0.269 e. The lowest BCUT2D eigenvalue weighted by Gasteiger charge is -2.25. The molecule has 0 bridgehead atoms. The van der Waals surface area contributed by atoms with Gasteiger partial charge < -0.3 is 0 Å². The quantitative estimate of drug-likeness (QED) is 0.0849. The average molecular weight is 713 g/mol. The van der Waals surface area contributed by atoms with Gasteiger partial charge in [0.15, 0.2) is 0 Å². The fourth-order valence-corrected chi connectivity index (χ4v) is 7.33. The molecule has 0 aliphatic carbocycles. The van der Waals surface area contributed by atoms with Crippen molar-refractivity contribution in [1.29, 1.82) is 0 Å². The number of hydrogen-bond donors (Lipinski definition) is 0. The van der Waals surface area contributed by atoms with E-state index in [4.69, 9.17) is 0 Å². The highest BCUT2D eigenvalue weighted by Crippen LogP contribution is 2.53. The van der Waals surface area contributed by atoms with Gasteiger partial charge in [0.05, 0.1) is 19.7 Å². The summed E-state index contributed by atoms with van der Waals surface area (Å²) >= 11 is 0. The van der Waals surface area contributed by atoms with E-state index in [2.05, 4.69) is 0 Å². The van der Waals surface area contributed by atoms with Crippen LogP contribution in [-0.4, -0.2) is 19.7 Å². The molecule has 8 aromatic rings. The molecule has 54 heavy (non-hydrogen) atoms. The van der Waals surface area contributed by atoms with Crippen molar-refractivity contribution < 1.29 is 19.7 Å². The summed E-state index contributed by atoms with van der Waals surface area (Å²) in [5.74, 6) is 0.